The molecule has 0 amide bonds. The van der Waals surface area contributed by atoms with Crippen LogP contribution in [0.2, 0.25) is 5.28 Å². The van der Waals surface area contributed by atoms with Crippen molar-refractivity contribution in [2.24, 2.45) is 0 Å². The largest absolute Gasteiger partial charge is 0.481 e. The van der Waals surface area contributed by atoms with Crippen molar-refractivity contribution >= 4 is 23.4 Å². The van der Waals surface area contributed by atoms with Gasteiger partial charge in [0.25, 0.3) is 5.97 Å². The maximum absolute atomic E-state index is 13.3. The van der Waals surface area contributed by atoms with Gasteiger partial charge in [0.15, 0.2) is 11.6 Å². The van der Waals surface area contributed by atoms with Gasteiger partial charge in [-0.15, -0.1) is 0 Å². The van der Waals surface area contributed by atoms with Crippen LogP contribution in [0.1, 0.15) is 32.6 Å². The van der Waals surface area contributed by atoms with E-state index < -0.39 is 11.8 Å². The first kappa shape index (κ1) is 16.6. The number of halogens is 2. The summed E-state index contributed by atoms with van der Waals surface area (Å²) in [6.07, 6.45) is 3.98. The molecule has 20 heavy (non-hydrogen) atoms. The zero-order valence-electron chi connectivity index (χ0n) is 11.0. The summed E-state index contributed by atoms with van der Waals surface area (Å²) in [6.45, 7) is 1.08. The Morgan fingerprint density at radius 1 is 1.55 bits per heavy atom. The van der Waals surface area contributed by atoms with Crippen LogP contribution in [-0.4, -0.2) is 38.3 Å². The van der Waals surface area contributed by atoms with Crippen molar-refractivity contribution in [3.05, 3.63) is 17.3 Å². The molecule has 1 aromatic rings. The van der Waals surface area contributed by atoms with E-state index in [1.165, 1.54) is 0 Å². The monoisotopic (exact) mass is 305 g/mol. The molecule has 0 spiro atoms. The summed E-state index contributed by atoms with van der Waals surface area (Å²) in [5, 5.41) is 19.9. The fourth-order valence-corrected chi connectivity index (χ4v) is 2.07. The van der Waals surface area contributed by atoms with E-state index in [2.05, 4.69) is 15.3 Å². The molecule has 1 saturated carbocycles. The summed E-state index contributed by atoms with van der Waals surface area (Å²) in [5.41, 5.74) is 0. The van der Waals surface area contributed by atoms with Crippen molar-refractivity contribution in [3.8, 4) is 0 Å². The van der Waals surface area contributed by atoms with E-state index in [1.807, 2.05) is 0 Å². The molecule has 3 N–H and O–H groups in total. The highest BCUT2D eigenvalue weighted by Crippen LogP contribution is 2.22. The third-order valence-electron chi connectivity index (χ3n) is 2.70. The molecule has 0 aliphatic heterocycles. The Labute approximate surface area is 121 Å². The third-order valence-corrected chi connectivity index (χ3v) is 2.88. The summed E-state index contributed by atoms with van der Waals surface area (Å²) in [5.74, 6) is -1.25. The molecule has 0 radical (unpaired) electrons. The highest BCUT2D eigenvalue weighted by Gasteiger charge is 2.21. The number of aliphatic carboxylic acids is 1. The van der Waals surface area contributed by atoms with Crippen molar-refractivity contribution < 1.29 is 19.4 Å². The lowest BCUT2D eigenvalue weighted by molar-refractivity contribution is -0.134. The standard InChI is InChI=1S/C10H13ClFN3O.C2H4O2/c11-10-13-5-8(12)9(15-10)14-6-2-1-3-7(16)4-6;1-2(3)4/h5-7,16H,1-4H2,(H,13,14,15);1H3,(H,3,4). The summed E-state index contributed by atoms with van der Waals surface area (Å²) in [7, 11) is 0. The van der Waals surface area contributed by atoms with Crippen LogP contribution in [-0.2, 0) is 4.79 Å². The van der Waals surface area contributed by atoms with Crippen molar-refractivity contribution in [3.63, 3.8) is 0 Å². The molecule has 0 bridgehead atoms. The van der Waals surface area contributed by atoms with Crippen LogP contribution in [0.3, 0.4) is 0 Å². The average Bonchev–Trinajstić information content (AvgIpc) is 2.33. The van der Waals surface area contributed by atoms with Gasteiger partial charge in [0.1, 0.15) is 0 Å². The smallest absolute Gasteiger partial charge is 0.300 e. The Balaban J connectivity index is 0.000000444. The van der Waals surface area contributed by atoms with E-state index in [0.29, 0.717) is 6.42 Å². The summed E-state index contributed by atoms with van der Waals surface area (Å²) in [4.78, 5) is 16.3. The van der Waals surface area contributed by atoms with Gasteiger partial charge >= 0.3 is 0 Å². The maximum Gasteiger partial charge on any atom is 0.300 e. The van der Waals surface area contributed by atoms with Crippen molar-refractivity contribution in [1.29, 1.82) is 0 Å². The molecule has 1 aromatic heterocycles. The molecule has 0 aromatic carbocycles. The summed E-state index contributed by atoms with van der Waals surface area (Å²) in [6, 6.07) is 0.0456. The number of hydrogen-bond acceptors (Lipinski definition) is 5. The summed E-state index contributed by atoms with van der Waals surface area (Å²) < 4.78 is 13.3. The van der Waals surface area contributed by atoms with Crippen LogP contribution in [0.5, 0.6) is 0 Å². The number of carbonyl (C=O) groups is 1. The second-order valence-corrected chi connectivity index (χ2v) is 4.85. The van der Waals surface area contributed by atoms with Crippen LogP contribution >= 0.6 is 11.6 Å². The predicted molar refractivity (Wildman–Crippen MR) is 72.2 cm³/mol. The zero-order valence-corrected chi connectivity index (χ0v) is 11.8. The quantitative estimate of drug-likeness (QED) is 0.724. The highest BCUT2D eigenvalue weighted by molar-refractivity contribution is 6.28. The maximum atomic E-state index is 13.3. The van der Waals surface area contributed by atoms with Gasteiger partial charge in [0.2, 0.25) is 5.28 Å². The SMILES string of the molecule is CC(=O)O.OC1CCCC(Nc2nc(Cl)ncc2F)C1. The Morgan fingerprint density at radius 3 is 2.80 bits per heavy atom. The minimum absolute atomic E-state index is 0.0141. The van der Waals surface area contributed by atoms with Crippen molar-refractivity contribution in [1.82, 2.24) is 9.97 Å². The molecule has 6 nitrogen and oxygen atoms in total. The number of anilines is 1. The van der Waals surface area contributed by atoms with E-state index in [4.69, 9.17) is 21.5 Å². The van der Waals surface area contributed by atoms with Gasteiger partial charge in [-0.25, -0.2) is 9.37 Å². The number of rotatable bonds is 2. The Morgan fingerprint density at radius 2 is 2.20 bits per heavy atom. The van der Waals surface area contributed by atoms with Crippen LogP contribution < -0.4 is 5.32 Å². The van der Waals surface area contributed by atoms with E-state index in [1.54, 1.807) is 0 Å². The lowest BCUT2D eigenvalue weighted by Crippen LogP contribution is -2.30. The van der Waals surface area contributed by atoms with Crippen molar-refractivity contribution in [2.45, 2.75) is 44.8 Å². The van der Waals surface area contributed by atoms with Gasteiger partial charge < -0.3 is 15.5 Å². The Kier molecular flexibility index (Phi) is 6.60. The highest BCUT2D eigenvalue weighted by atomic mass is 35.5. The van der Waals surface area contributed by atoms with Crippen LogP contribution in [0, 0.1) is 5.82 Å². The minimum Gasteiger partial charge on any atom is -0.481 e. The number of nitrogens with one attached hydrogen (secondary N) is 1. The zero-order chi connectivity index (χ0) is 15.1. The number of aliphatic hydroxyl groups is 1. The number of aromatic nitrogens is 2. The molecular formula is C12H17ClFN3O3. The molecule has 112 valence electrons. The summed E-state index contributed by atoms with van der Waals surface area (Å²) >= 11 is 5.58. The van der Waals surface area contributed by atoms with Crippen LogP contribution in [0.25, 0.3) is 0 Å². The number of carboxylic acids is 1. The van der Waals surface area contributed by atoms with Gasteiger partial charge in [-0.2, -0.15) is 4.98 Å². The van der Waals surface area contributed by atoms with Gasteiger partial charge in [0.05, 0.1) is 12.3 Å². The van der Waals surface area contributed by atoms with E-state index >= 15 is 0 Å². The minimum atomic E-state index is -0.833. The molecule has 8 heteroatoms. The predicted octanol–water partition coefficient (Wildman–Crippen LogP) is 2.08. The van der Waals surface area contributed by atoms with Crippen molar-refractivity contribution in [2.75, 3.05) is 5.32 Å². The molecule has 2 rings (SSSR count). The molecule has 1 aliphatic rings. The van der Waals surface area contributed by atoms with Crippen LogP contribution in [0.4, 0.5) is 10.2 Å². The lowest BCUT2D eigenvalue weighted by atomic mass is 9.93. The number of nitrogens with zero attached hydrogens (tertiary/aromatic N) is 2. The Hall–Kier alpha value is -1.47. The number of aliphatic hydroxyl groups excluding tert-OH is 1. The first-order valence-corrected chi connectivity index (χ1v) is 6.58. The molecule has 1 heterocycles. The molecule has 1 aliphatic carbocycles. The normalized spacial score (nSPS) is 21.6. The molecule has 2 unspecified atom stereocenters. The third kappa shape index (κ3) is 6.12. The van der Waals surface area contributed by atoms with Gasteiger partial charge in [-0.1, -0.05) is 0 Å². The van der Waals surface area contributed by atoms with Crippen LogP contribution in [0.15, 0.2) is 6.20 Å². The molecule has 1 fully saturated rings. The van der Waals surface area contributed by atoms with E-state index in [0.717, 1.165) is 32.4 Å². The lowest BCUT2D eigenvalue weighted by Gasteiger charge is -2.27. The number of carboxylic acid groups (broad SMARTS) is 1. The average molecular weight is 306 g/mol. The Bertz CT molecular complexity index is 458. The van der Waals surface area contributed by atoms with Gasteiger partial charge in [-0.05, 0) is 37.3 Å². The number of hydrogen-bond donors (Lipinski definition) is 3. The fraction of sp³-hybridized carbons (Fsp3) is 0.583. The second-order valence-electron chi connectivity index (χ2n) is 4.52. The second kappa shape index (κ2) is 7.96. The van der Waals surface area contributed by atoms with E-state index in [-0.39, 0.29) is 23.2 Å². The topological polar surface area (TPSA) is 95.3 Å². The first-order chi connectivity index (χ1) is 9.38. The fourth-order valence-electron chi connectivity index (χ4n) is 1.94. The molecular weight excluding hydrogens is 289 g/mol. The first-order valence-electron chi connectivity index (χ1n) is 6.20. The van der Waals surface area contributed by atoms with E-state index in [9.17, 15) is 9.50 Å². The molecule has 2 atom stereocenters. The van der Waals surface area contributed by atoms with Gasteiger partial charge in [0, 0.05) is 13.0 Å². The van der Waals surface area contributed by atoms with Gasteiger partial charge in [-0.3, -0.25) is 4.79 Å². The molecule has 0 saturated heterocycles.